The van der Waals surface area contributed by atoms with Crippen molar-refractivity contribution >= 4 is 11.8 Å². The lowest BCUT2D eigenvalue weighted by Gasteiger charge is -2.23. The average Bonchev–Trinajstić information content (AvgIpc) is 3.31. The van der Waals surface area contributed by atoms with Crippen LogP contribution in [0.5, 0.6) is 0 Å². The van der Waals surface area contributed by atoms with E-state index in [0.29, 0.717) is 35.5 Å². The van der Waals surface area contributed by atoms with Gasteiger partial charge < -0.3 is 20.1 Å². The second-order valence-corrected chi connectivity index (χ2v) is 9.13. The van der Waals surface area contributed by atoms with Gasteiger partial charge in [0.2, 0.25) is 0 Å². The number of nitrogens with one attached hydrogen (secondary N) is 2. The van der Waals surface area contributed by atoms with Gasteiger partial charge in [0.1, 0.15) is 0 Å². The average molecular weight is 512 g/mol. The smallest absolute Gasteiger partial charge is 0.358 e. The Labute approximate surface area is 213 Å². The minimum absolute atomic E-state index is 0.111. The van der Waals surface area contributed by atoms with E-state index in [0.717, 1.165) is 28.3 Å². The first kappa shape index (κ1) is 26.2. The molecule has 0 spiro atoms. The number of alkyl halides is 3. The van der Waals surface area contributed by atoms with E-state index >= 15 is 0 Å². The van der Waals surface area contributed by atoms with Crippen molar-refractivity contribution in [3.05, 3.63) is 77.6 Å². The number of carbonyl (C=O) groups is 2. The van der Waals surface area contributed by atoms with Crippen molar-refractivity contribution < 1.29 is 22.8 Å². The van der Waals surface area contributed by atoms with Crippen LogP contribution in [-0.2, 0) is 17.8 Å². The summed E-state index contributed by atoms with van der Waals surface area (Å²) >= 11 is 0. The van der Waals surface area contributed by atoms with Crippen molar-refractivity contribution in [3.63, 3.8) is 0 Å². The summed E-state index contributed by atoms with van der Waals surface area (Å²) in [5.74, 6) is -1.99. The Morgan fingerprint density at radius 3 is 2.59 bits per heavy atom. The number of hydrogen-bond acceptors (Lipinski definition) is 4. The predicted octanol–water partition coefficient (Wildman–Crippen LogP) is 4.04. The number of aromatic nitrogens is 2. The first-order valence-corrected chi connectivity index (χ1v) is 11.8. The van der Waals surface area contributed by atoms with E-state index in [4.69, 9.17) is 0 Å². The number of rotatable bonds is 8. The van der Waals surface area contributed by atoms with Gasteiger partial charge in [-0.15, -0.1) is 0 Å². The Kier molecular flexibility index (Phi) is 7.77. The summed E-state index contributed by atoms with van der Waals surface area (Å²) in [7, 11) is 3.69. The van der Waals surface area contributed by atoms with Crippen molar-refractivity contribution in [3.8, 4) is 22.5 Å². The quantitative estimate of drug-likeness (QED) is 0.448. The molecule has 1 aromatic carbocycles. The molecule has 0 fully saturated rings. The topological polar surface area (TPSA) is 81.3 Å². The SMILES string of the molecule is CN(C)C/C=C/CN(Cc1cccc(-c2cc(-c3cc4c([nH]3)CCNC4=O)ccn2)c1)C(=O)C(F)(F)F. The summed E-state index contributed by atoms with van der Waals surface area (Å²) in [4.78, 5) is 34.6. The Morgan fingerprint density at radius 1 is 1.08 bits per heavy atom. The van der Waals surface area contributed by atoms with Gasteiger partial charge in [0.15, 0.2) is 0 Å². The van der Waals surface area contributed by atoms with Crippen LogP contribution in [0.25, 0.3) is 22.5 Å². The van der Waals surface area contributed by atoms with Gasteiger partial charge in [-0.25, -0.2) is 0 Å². The predicted molar refractivity (Wildman–Crippen MR) is 135 cm³/mol. The van der Waals surface area contributed by atoms with E-state index in [2.05, 4.69) is 15.3 Å². The van der Waals surface area contributed by atoms with Crippen LogP contribution in [-0.4, -0.2) is 71.5 Å². The minimum atomic E-state index is -4.96. The Morgan fingerprint density at radius 2 is 1.86 bits per heavy atom. The number of aromatic amines is 1. The third-order valence-corrected chi connectivity index (χ3v) is 5.96. The number of H-pyrrole nitrogens is 1. The highest BCUT2D eigenvalue weighted by molar-refractivity contribution is 5.97. The lowest BCUT2D eigenvalue weighted by molar-refractivity contribution is -0.185. The first-order valence-electron chi connectivity index (χ1n) is 11.8. The molecule has 3 heterocycles. The molecule has 0 unspecified atom stereocenters. The zero-order valence-electron chi connectivity index (χ0n) is 20.6. The molecular formula is C27H28F3N5O2. The molecule has 2 aromatic heterocycles. The standard InChI is InChI=1S/C27H28F3N5O2/c1-34(2)12-3-4-13-35(26(37)27(28,29)30)17-18-6-5-7-19(14-18)23-15-20(8-10-31-23)24-16-21-22(33-24)9-11-32-25(21)36/h3-8,10,14-16,33H,9,11-13,17H2,1-2H3,(H,32,36)/b4-3+. The number of hydrogen-bond donors (Lipinski definition) is 2. The van der Waals surface area contributed by atoms with Crippen molar-refractivity contribution in [2.45, 2.75) is 19.1 Å². The summed E-state index contributed by atoms with van der Waals surface area (Å²) in [5.41, 5.74) is 5.00. The van der Waals surface area contributed by atoms with Gasteiger partial charge >= 0.3 is 12.1 Å². The van der Waals surface area contributed by atoms with Gasteiger partial charge in [0, 0.05) is 61.3 Å². The Balaban J connectivity index is 1.57. The van der Waals surface area contributed by atoms with E-state index in [1.165, 1.54) is 0 Å². The van der Waals surface area contributed by atoms with Crippen LogP contribution in [0.15, 0.2) is 60.8 Å². The lowest BCUT2D eigenvalue weighted by atomic mass is 10.0. The Bertz CT molecular complexity index is 1310. The van der Waals surface area contributed by atoms with Gasteiger partial charge in [-0.3, -0.25) is 14.6 Å². The molecular weight excluding hydrogens is 483 g/mol. The number of pyridine rings is 1. The molecule has 3 aromatic rings. The highest BCUT2D eigenvalue weighted by Crippen LogP contribution is 2.28. The summed E-state index contributed by atoms with van der Waals surface area (Å²) < 4.78 is 39.7. The molecule has 7 nitrogen and oxygen atoms in total. The van der Waals surface area contributed by atoms with Crippen molar-refractivity contribution in [2.75, 3.05) is 33.7 Å². The fourth-order valence-electron chi connectivity index (χ4n) is 4.14. The normalized spacial score (nSPS) is 13.6. The molecule has 194 valence electrons. The molecule has 2 N–H and O–H groups in total. The second kappa shape index (κ2) is 11.0. The van der Waals surface area contributed by atoms with Crippen molar-refractivity contribution in [1.29, 1.82) is 0 Å². The maximum Gasteiger partial charge on any atom is 0.471 e. The van der Waals surface area contributed by atoms with E-state index in [1.807, 2.05) is 43.3 Å². The molecule has 1 aliphatic heterocycles. The van der Waals surface area contributed by atoms with Crippen LogP contribution in [0.4, 0.5) is 13.2 Å². The molecule has 10 heteroatoms. The molecule has 0 atom stereocenters. The Hall–Kier alpha value is -3.92. The number of halogens is 3. The van der Waals surface area contributed by atoms with Crippen molar-refractivity contribution in [1.82, 2.24) is 25.1 Å². The van der Waals surface area contributed by atoms with E-state index in [-0.39, 0.29) is 19.0 Å². The molecule has 0 saturated heterocycles. The van der Waals surface area contributed by atoms with Crippen LogP contribution in [0.3, 0.4) is 0 Å². The molecule has 37 heavy (non-hydrogen) atoms. The van der Waals surface area contributed by atoms with Gasteiger partial charge in [-0.05, 0) is 43.9 Å². The van der Waals surface area contributed by atoms with Gasteiger partial charge in [0.05, 0.1) is 11.3 Å². The molecule has 2 amide bonds. The molecule has 0 aliphatic carbocycles. The second-order valence-electron chi connectivity index (χ2n) is 9.13. The molecule has 0 radical (unpaired) electrons. The van der Waals surface area contributed by atoms with E-state index < -0.39 is 12.1 Å². The highest BCUT2D eigenvalue weighted by atomic mass is 19.4. The number of carbonyl (C=O) groups excluding carboxylic acids is 2. The zero-order chi connectivity index (χ0) is 26.6. The van der Waals surface area contributed by atoms with Crippen LogP contribution in [0.1, 0.15) is 21.6 Å². The van der Waals surface area contributed by atoms with Crippen LogP contribution in [0.2, 0.25) is 0 Å². The van der Waals surface area contributed by atoms with Crippen molar-refractivity contribution in [2.24, 2.45) is 0 Å². The molecule has 4 rings (SSSR count). The summed E-state index contributed by atoms with van der Waals surface area (Å²) in [5, 5.41) is 2.82. The number of nitrogens with zero attached hydrogens (tertiary/aromatic N) is 3. The fourth-order valence-corrected chi connectivity index (χ4v) is 4.14. The molecule has 1 aliphatic rings. The monoisotopic (exact) mass is 511 g/mol. The highest BCUT2D eigenvalue weighted by Gasteiger charge is 2.42. The zero-order valence-corrected chi connectivity index (χ0v) is 20.6. The minimum Gasteiger partial charge on any atom is -0.358 e. The maximum atomic E-state index is 13.2. The van der Waals surface area contributed by atoms with E-state index in [1.54, 1.807) is 36.5 Å². The fraction of sp³-hybridized carbons (Fsp3) is 0.296. The summed E-state index contributed by atoms with van der Waals surface area (Å²) in [6.07, 6.45) is 0.694. The third kappa shape index (κ3) is 6.45. The number of fused-ring (bicyclic) bond motifs is 1. The first-order chi connectivity index (χ1) is 17.6. The molecule has 0 bridgehead atoms. The van der Waals surface area contributed by atoms with Crippen LogP contribution < -0.4 is 5.32 Å². The molecule has 0 saturated carbocycles. The number of benzene rings is 1. The van der Waals surface area contributed by atoms with Gasteiger partial charge in [-0.1, -0.05) is 30.4 Å². The number of amides is 2. The summed E-state index contributed by atoms with van der Waals surface area (Å²) in [6, 6.07) is 12.5. The lowest BCUT2D eigenvalue weighted by Crippen LogP contribution is -2.40. The third-order valence-electron chi connectivity index (χ3n) is 5.96. The van der Waals surface area contributed by atoms with Crippen LogP contribution in [0, 0.1) is 0 Å². The van der Waals surface area contributed by atoms with Gasteiger partial charge in [0.25, 0.3) is 5.91 Å². The summed E-state index contributed by atoms with van der Waals surface area (Å²) in [6.45, 7) is 0.783. The van der Waals surface area contributed by atoms with E-state index in [9.17, 15) is 22.8 Å². The largest absolute Gasteiger partial charge is 0.471 e. The van der Waals surface area contributed by atoms with Crippen LogP contribution >= 0.6 is 0 Å². The number of likely N-dealkylation sites (N-methyl/N-ethyl adjacent to an activating group) is 1. The van der Waals surface area contributed by atoms with Gasteiger partial charge in [-0.2, -0.15) is 13.2 Å². The maximum absolute atomic E-state index is 13.2.